The minimum absolute atomic E-state index is 0.253. The third-order valence-corrected chi connectivity index (χ3v) is 5.79. The van der Waals surface area contributed by atoms with Crippen molar-refractivity contribution in [1.82, 2.24) is 24.8 Å². The molecule has 162 valence electrons. The molecule has 1 N–H and O–H groups in total. The molecule has 4 aromatic rings. The molecular weight excluding hydrogens is 405 g/mol. The van der Waals surface area contributed by atoms with Crippen LogP contribution < -0.4 is 5.32 Å². The maximum absolute atomic E-state index is 14.5. The number of halogens is 1. The molecule has 2 aromatic carbocycles. The van der Waals surface area contributed by atoms with Gasteiger partial charge in [0.1, 0.15) is 11.5 Å². The van der Waals surface area contributed by atoms with E-state index >= 15 is 0 Å². The van der Waals surface area contributed by atoms with E-state index in [4.69, 9.17) is 0 Å². The zero-order valence-corrected chi connectivity index (χ0v) is 17.7. The molecule has 1 saturated heterocycles. The van der Waals surface area contributed by atoms with E-state index in [9.17, 15) is 9.18 Å². The van der Waals surface area contributed by atoms with Gasteiger partial charge in [-0.25, -0.2) is 13.9 Å². The second-order valence-corrected chi connectivity index (χ2v) is 7.98. The quantitative estimate of drug-likeness (QED) is 0.503. The molecule has 0 radical (unpaired) electrons. The Kier molecular flexibility index (Phi) is 5.64. The number of rotatable bonds is 6. The van der Waals surface area contributed by atoms with E-state index in [0.29, 0.717) is 34.8 Å². The molecule has 1 aliphatic heterocycles. The van der Waals surface area contributed by atoms with Gasteiger partial charge in [0.15, 0.2) is 5.65 Å². The second-order valence-electron chi connectivity index (χ2n) is 7.98. The molecule has 5 rings (SSSR count). The summed E-state index contributed by atoms with van der Waals surface area (Å²) < 4.78 is 16.0. The van der Waals surface area contributed by atoms with Crippen LogP contribution in [0.15, 0.2) is 66.7 Å². The lowest BCUT2D eigenvalue weighted by Gasteiger charge is -2.15. The van der Waals surface area contributed by atoms with Gasteiger partial charge < -0.3 is 10.2 Å². The van der Waals surface area contributed by atoms with Crippen LogP contribution in [-0.4, -0.2) is 51.6 Å². The molecule has 7 heteroatoms. The van der Waals surface area contributed by atoms with Gasteiger partial charge in [0, 0.05) is 30.3 Å². The summed E-state index contributed by atoms with van der Waals surface area (Å²) in [5.41, 5.74) is 3.20. The molecule has 0 unspecified atom stereocenters. The first-order chi connectivity index (χ1) is 15.7. The van der Waals surface area contributed by atoms with Gasteiger partial charge in [-0.2, -0.15) is 5.10 Å². The third kappa shape index (κ3) is 4.11. The smallest absolute Gasteiger partial charge is 0.270 e. The lowest BCUT2D eigenvalue weighted by Crippen LogP contribution is -2.34. The first-order valence-corrected chi connectivity index (χ1v) is 10.9. The molecule has 1 amide bonds. The predicted octanol–water partition coefficient (Wildman–Crippen LogP) is 4.03. The molecule has 3 heterocycles. The van der Waals surface area contributed by atoms with Gasteiger partial charge in [0.2, 0.25) is 0 Å². The van der Waals surface area contributed by atoms with Gasteiger partial charge in [-0.15, -0.1) is 0 Å². The first-order valence-electron chi connectivity index (χ1n) is 10.9. The number of amides is 1. The van der Waals surface area contributed by atoms with Crippen LogP contribution in [0.5, 0.6) is 0 Å². The summed E-state index contributed by atoms with van der Waals surface area (Å²) in [5, 5.41) is 7.63. The molecule has 0 bridgehead atoms. The average molecular weight is 429 g/mol. The van der Waals surface area contributed by atoms with E-state index in [1.54, 1.807) is 24.3 Å². The highest BCUT2D eigenvalue weighted by atomic mass is 19.1. The minimum atomic E-state index is -0.382. The predicted molar refractivity (Wildman–Crippen MR) is 122 cm³/mol. The number of likely N-dealkylation sites (tertiary alicyclic amines) is 1. The summed E-state index contributed by atoms with van der Waals surface area (Å²) in [7, 11) is 0. The van der Waals surface area contributed by atoms with Gasteiger partial charge in [0.05, 0.1) is 11.4 Å². The normalized spacial score (nSPS) is 14.2. The van der Waals surface area contributed by atoms with Crippen molar-refractivity contribution in [2.24, 2.45) is 0 Å². The number of aromatic nitrogens is 3. The maximum Gasteiger partial charge on any atom is 0.270 e. The Morgan fingerprint density at radius 2 is 1.72 bits per heavy atom. The number of nitrogens with one attached hydrogen (secondary N) is 1. The number of benzene rings is 2. The van der Waals surface area contributed by atoms with Crippen molar-refractivity contribution >= 4 is 11.6 Å². The van der Waals surface area contributed by atoms with Crippen molar-refractivity contribution in [3.63, 3.8) is 0 Å². The summed E-state index contributed by atoms with van der Waals surface area (Å²) in [6, 6.07) is 19.6. The van der Waals surface area contributed by atoms with Gasteiger partial charge in [-0.05, 0) is 44.1 Å². The van der Waals surface area contributed by atoms with E-state index in [1.165, 1.54) is 23.4 Å². The Morgan fingerprint density at radius 1 is 0.969 bits per heavy atom. The summed E-state index contributed by atoms with van der Waals surface area (Å²) in [6.07, 6.45) is 2.42. The maximum atomic E-state index is 14.5. The molecule has 0 saturated carbocycles. The number of carbonyl (C=O) groups excluding carboxylic acids is 1. The van der Waals surface area contributed by atoms with E-state index in [1.807, 2.05) is 36.4 Å². The van der Waals surface area contributed by atoms with Crippen LogP contribution in [0.3, 0.4) is 0 Å². The van der Waals surface area contributed by atoms with Crippen molar-refractivity contribution in [2.45, 2.75) is 12.8 Å². The second kappa shape index (κ2) is 8.88. The lowest BCUT2D eigenvalue weighted by atomic mass is 10.1. The fourth-order valence-corrected chi connectivity index (χ4v) is 4.12. The van der Waals surface area contributed by atoms with Gasteiger partial charge >= 0.3 is 0 Å². The van der Waals surface area contributed by atoms with Crippen molar-refractivity contribution in [1.29, 1.82) is 0 Å². The molecule has 0 atom stereocenters. The van der Waals surface area contributed by atoms with Gasteiger partial charge in [0.25, 0.3) is 5.91 Å². The number of fused-ring (bicyclic) bond motifs is 1. The largest absolute Gasteiger partial charge is 0.349 e. The molecular formula is C25H24FN5O. The van der Waals surface area contributed by atoms with E-state index < -0.39 is 0 Å². The van der Waals surface area contributed by atoms with Crippen LogP contribution in [0.4, 0.5) is 4.39 Å². The van der Waals surface area contributed by atoms with Crippen LogP contribution in [0.25, 0.3) is 28.2 Å². The van der Waals surface area contributed by atoms with Crippen LogP contribution in [0.1, 0.15) is 23.3 Å². The van der Waals surface area contributed by atoms with Crippen LogP contribution >= 0.6 is 0 Å². The third-order valence-electron chi connectivity index (χ3n) is 5.79. The average Bonchev–Trinajstić information content (AvgIpc) is 3.49. The number of nitrogens with zero attached hydrogens (tertiary/aromatic N) is 4. The van der Waals surface area contributed by atoms with Crippen molar-refractivity contribution < 1.29 is 9.18 Å². The van der Waals surface area contributed by atoms with Crippen LogP contribution in [0.2, 0.25) is 0 Å². The monoisotopic (exact) mass is 429 g/mol. The fourth-order valence-electron chi connectivity index (χ4n) is 4.12. The molecule has 0 aliphatic carbocycles. The Labute approximate surface area is 185 Å². The van der Waals surface area contributed by atoms with Crippen molar-refractivity contribution in [3.8, 4) is 22.5 Å². The summed E-state index contributed by atoms with van der Waals surface area (Å²) in [5.74, 6) is -0.635. The standard InChI is InChI=1S/C25H24FN5O/c26-20-11-5-4-10-19(20)22-16-23(25(32)27-12-15-30-13-6-7-14-30)31-24(28-22)17-21(29-31)18-8-2-1-3-9-18/h1-5,8-11,16-17H,6-7,12-15H2,(H,27,32). The highest BCUT2D eigenvalue weighted by Crippen LogP contribution is 2.25. The summed E-state index contributed by atoms with van der Waals surface area (Å²) >= 11 is 0. The van der Waals surface area contributed by atoms with Crippen LogP contribution in [-0.2, 0) is 0 Å². The highest BCUT2D eigenvalue weighted by molar-refractivity contribution is 5.94. The lowest BCUT2D eigenvalue weighted by molar-refractivity contribution is 0.0942. The Hall–Kier alpha value is -3.58. The van der Waals surface area contributed by atoms with E-state index in [2.05, 4.69) is 20.3 Å². The van der Waals surface area contributed by atoms with Gasteiger partial charge in [-0.3, -0.25) is 4.79 Å². The van der Waals surface area contributed by atoms with Gasteiger partial charge in [-0.1, -0.05) is 42.5 Å². The summed E-state index contributed by atoms with van der Waals surface area (Å²) in [4.78, 5) is 20.1. The van der Waals surface area contributed by atoms with E-state index in [0.717, 1.165) is 25.2 Å². The Morgan fingerprint density at radius 3 is 2.50 bits per heavy atom. The fraction of sp³-hybridized carbons (Fsp3) is 0.240. The molecule has 1 aliphatic rings. The molecule has 6 nitrogen and oxygen atoms in total. The zero-order chi connectivity index (χ0) is 21.9. The van der Waals surface area contributed by atoms with Crippen LogP contribution in [0, 0.1) is 5.82 Å². The Bertz CT molecular complexity index is 1250. The van der Waals surface area contributed by atoms with Crippen molar-refractivity contribution in [2.75, 3.05) is 26.2 Å². The Balaban J connectivity index is 1.53. The molecule has 32 heavy (non-hydrogen) atoms. The zero-order valence-electron chi connectivity index (χ0n) is 17.7. The first kappa shape index (κ1) is 20.3. The number of hydrogen-bond donors (Lipinski definition) is 1. The minimum Gasteiger partial charge on any atom is -0.349 e. The molecule has 0 spiro atoms. The molecule has 2 aromatic heterocycles. The summed E-state index contributed by atoms with van der Waals surface area (Å²) in [6.45, 7) is 3.51. The SMILES string of the molecule is O=C(NCCN1CCCC1)c1cc(-c2ccccc2F)nc2cc(-c3ccccc3)nn12. The number of hydrogen-bond acceptors (Lipinski definition) is 4. The molecule has 1 fully saturated rings. The number of carbonyl (C=O) groups is 1. The van der Waals surface area contributed by atoms with Crippen molar-refractivity contribution in [3.05, 3.63) is 78.2 Å². The highest BCUT2D eigenvalue weighted by Gasteiger charge is 2.19. The topological polar surface area (TPSA) is 62.5 Å². The van der Waals surface area contributed by atoms with E-state index in [-0.39, 0.29) is 11.7 Å².